The molecule has 0 radical (unpaired) electrons. The molecular formula is C19H14Cl2O. The highest BCUT2D eigenvalue weighted by atomic mass is 35.5. The Hall–Kier alpha value is -1.80. The van der Waals surface area contributed by atoms with E-state index in [4.69, 9.17) is 23.2 Å². The highest BCUT2D eigenvalue weighted by Crippen LogP contribution is 2.36. The Labute approximate surface area is 139 Å². The van der Waals surface area contributed by atoms with Crippen LogP contribution in [0.1, 0.15) is 5.56 Å². The zero-order chi connectivity index (χ0) is 15.5. The molecule has 0 atom stereocenters. The molecule has 0 aromatic heterocycles. The molecule has 3 heteroatoms. The summed E-state index contributed by atoms with van der Waals surface area (Å²) >= 11 is 12.0. The summed E-state index contributed by atoms with van der Waals surface area (Å²) in [6.07, 6.45) is 0. The lowest BCUT2D eigenvalue weighted by Crippen LogP contribution is -1.93. The molecule has 0 amide bonds. The largest absolute Gasteiger partial charge is 0.392 e. The van der Waals surface area contributed by atoms with E-state index >= 15 is 0 Å². The van der Waals surface area contributed by atoms with Gasteiger partial charge in [0, 0.05) is 10.0 Å². The SMILES string of the molecule is OCc1cccc(-c2ccc(Cl)cc2)c1-c1ccc(Cl)cc1. The van der Waals surface area contributed by atoms with Gasteiger partial charge < -0.3 is 5.11 Å². The maximum Gasteiger partial charge on any atom is 0.0688 e. The van der Waals surface area contributed by atoms with Crippen LogP contribution in [0.25, 0.3) is 22.3 Å². The van der Waals surface area contributed by atoms with Crippen LogP contribution in [-0.2, 0) is 6.61 Å². The number of aliphatic hydroxyl groups is 1. The van der Waals surface area contributed by atoms with Crippen LogP contribution in [0, 0.1) is 0 Å². The molecule has 0 saturated heterocycles. The second-order valence-corrected chi connectivity index (χ2v) is 5.88. The third-order valence-electron chi connectivity index (χ3n) is 3.61. The molecule has 1 nitrogen and oxygen atoms in total. The summed E-state index contributed by atoms with van der Waals surface area (Å²) in [5, 5.41) is 11.1. The van der Waals surface area contributed by atoms with Crippen molar-refractivity contribution in [2.45, 2.75) is 6.61 Å². The van der Waals surface area contributed by atoms with Crippen molar-refractivity contribution < 1.29 is 5.11 Å². The van der Waals surface area contributed by atoms with E-state index in [0.717, 1.165) is 27.8 Å². The van der Waals surface area contributed by atoms with Crippen LogP contribution in [0.15, 0.2) is 66.7 Å². The number of halogens is 2. The predicted molar refractivity (Wildman–Crippen MR) is 93.3 cm³/mol. The Bertz CT molecular complexity index is 778. The van der Waals surface area contributed by atoms with Crippen LogP contribution >= 0.6 is 23.2 Å². The smallest absolute Gasteiger partial charge is 0.0688 e. The Kier molecular flexibility index (Phi) is 4.49. The van der Waals surface area contributed by atoms with E-state index in [-0.39, 0.29) is 6.61 Å². The summed E-state index contributed by atoms with van der Waals surface area (Å²) in [5.74, 6) is 0. The van der Waals surface area contributed by atoms with Gasteiger partial charge in [0.1, 0.15) is 0 Å². The lowest BCUT2D eigenvalue weighted by Gasteiger charge is -2.14. The third-order valence-corrected chi connectivity index (χ3v) is 4.11. The Morgan fingerprint density at radius 2 is 1.23 bits per heavy atom. The molecule has 0 aliphatic heterocycles. The first-order valence-corrected chi connectivity index (χ1v) is 7.69. The summed E-state index contributed by atoms with van der Waals surface area (Å²) < 4.78 is 0. The minimum absolute atomic E-state index is 0.0145. The van der Waals surface area contributed by atoms with Crippen molar-refractivity contribution in [1.29, 1.82) is 0 Å². The molecule has 0 bridgehead atoms. The number of benzene rings is 3. The molecule has 1 N–H and O–H groups in total. The average Bonchev–Trinajstić information content (AvgIpc) is 2.56. The van der Waals surface area contributed by atoms with Crippen molar-refractivity contribution in [3.8, 4) is 22.3 Å². The maximum atomic E-state index is 9.70. The van der Waals surface area contributed by atoms with Gasteiger partial charge >= 0.3 is 0 Å². The van der Waals surface area contributed by atoms with Gasteiger partial charge in [-0.15, -0.1) is 0 Å². The molecule has 110 valence electrons. The topological polar surface area (TPSA) is 20.2 Å². The molecule has 0 saturated carbocycles. The zero-order valence-corrected chi connectivity index (χ0v) is 13.3. The van der Waals surface area contributed by atoms with Crippen LogP contribution < -0.4 is 0 Å². The predicted octanol–water partition coefficient (Wildman–Crippen LogP) is 5.82. The molecular weight excluding hydrogens is 315 g/mol. The van der Waals surface area contributed by atoms with Crippen LogP contribution in [0.5, 0.6) is 0 Å². The van der Waals surface area contributed by atoms with E-state index in [2.05, 4.69) is 0 Å². The Morgan fingerprint density at radius 3 is 1.77 bits per heavy atom. The summed E-state index contributed by atoms with van der Waals surface area (Å²) in [6, 6.07) is 21.3. The number of hydrogen-bond donors (Lipinski definition) is 1. The Morgan fingerprint density at radius 1 is 0.682 bits per heavy atom. The maximum absolute atomic E-state index is 9.70. The number of aliphatic hydroxyl groups excluding tert-OH is 1. The second kappa shape index (κ2) is 6.53. The fourth-order valence-electron chi connectivity index (χ4n) is 2.56. The average molecular weight is 329 g/mol. The highest BCUT2D eigenvalue weighted by Gasteiger charge is 2.12. The van der Waals surface area contributed by atoms with Crippen LogP contribution in [0.2, 0.25) is 10.0 Å². The molecule has 22 heavy (non-hydrogen) atoms. The van der Waals surface area contributed by atoms with Gasteiger partial charge in [-0.3, -0.25) is 0 Å². The van der Waals surface area contributed by atoms with Gasteiger partial charge in [0.2, 0.25) is 0 Å². The summed E-state index contributed by atoms with van der Waals surface area (Å²) in [6.45, 7) is -0.0145. The van der Waals surface area contributed by atoms with Gasteiger partial charge in [-0.1, -0.05) is 65.7 Å². The molecule has 0 aliphatic carbocycles. The van der Waals surface area contributed by atoms with Crippen LogP contribution in [0.4, 0.5) is 0 Å². The lowest BCUT2D eigenvalue weighted by molar-refractivity contribution is 0.282. The number of rotatable bonds is 3. The zero-order valence-electron chi connectivity index (χ0n) is 11.8. The normalized spacial score (nSPS) is 10.7. The lowest BCUT2D eigenvalue weighted by atomic mass is 9.91. The van der Waals surface area contributed by atoms with Crippen LogP contribution in [-0.4, -0.2) is 5.11 Å². The van der Waals surface area contributed by atoms with E-state index in [1.807, 2.05) is 66.7 Å². The molecule has 0 spiro atoms. The van der Waals surface area contributed by atoms with Gasteiger partial charge in [0.25, 0.3) is 0 Å². The molecule has 0 unspecified atom stereocenters. The number of hydrogen-bond acceptors (Lipinski definition) is 1. The molecule has 0 aliphatic rings. The van der Waals surface area contributed by atoms with E-state index in [0.29, 0.717) is 10.0 Å². The summed E-state index contributed by atoms with van der Waals surface area (Å²) in [5.41, 5.74) is 5.05. The molecule has 0 heterocycles. The molecule has 0 fully saturated rings. The molecule has 3 aromatic carbocycles. The van der Waals surface area contributed by atoms with Crippen molar-refractivity contribution >= 4 is 23.2 Å². The molecule has 3 rings (SSSR count). The van der Waals surface area contributed by atoms with Crippen molar-refractivity contribution in [2.24, 2.45) is 0 Å². The van der Waals surface area contributed by atoms with Gasteiger partial charge in [-0.25, -0.2) is 0 Å². The minimum atomic E-state index is -0.0145. The Balaban J connectivity index is 2.22. The quantitative estimate of drug-likeness (QED) is 0.642. The first kappa shape index (κ1) is 15.1. The second-order valence-electron chi connectivity index (χ2n) is 5.01. The summed E-state index contributed by atoms with van der Waals surface area (Å²) in [7, 11) is 0. The van der Waals surface area contributed by atoms with Gasteiger partial charge in [0.15, 0.2) is 0 Å². The van der Waals surface area contributed by atoms with Crippen molar-refractivity contribution in [2.75, 3.05) is 0 Å². The van der Waals surface area contributed by atoms with Crippen molar-refractivity contribution in [3.05, 3.63) is 82.3 Å². The fraction of sp³-hybridized carbons (Fsp3) is 0.0526. The van der Waals surface area contributed by atoms with Crippen molar-refractivity contribution in [1.82, 2.24) is 0 Å². The van der Waals surface area contributed by atoms with Crippen molar-refractivity contribution in [3.63, 3.8) is 0 Å². The van der Waals surface area contributed by atoms with E-state index in [1.165, 1.54) is 0 Å². The highest BCUT2D eigenvalue weighted by molar-refractivity contribution is 6.31. The van der Waals surface area contributed by atoms with Crippen LogP contribution in [0.3, 0.4) is 0 Å². The fourth-order valence-corrected chi connectivity index (χ4v) is 2.81. The minimum Gasteiger partial charge on any atom is -0.392 e. The van der Waals surface area contributed by atoms with Gasteiger partial charge in [0.05, 0.1) is 6.61 Å². The van der Waals surface area contributed by atoms with E-state index in [9.17, 15) is 5.11 Å². The van der Waals surface area contributed by atoms with E-state index < -0.39 is 0 Å². The standard InChI is InChI=1S/C19H14Cl2O/c20-16-8-4-13(5-9-16)18-3-1-2-15(12-22)19(18)14-6-10-17(21)11-7-14/h1-11,22H,12H2. The summed E-state index contributed by atoms with van der Waals surface area (Å²) in [4.78, 5) is 0. The molecule has 3 aromatic rings. The third kappa shape index (κ3) is 3.02. The first-order valence-electron chi connectivity index (χ1n) is 6.93. The van der Waals surface area contributed by atoms with E-state index in [1.54, 1.807) is 0 Å². The van der Waals surface area contributed by atoms with Gasteiger partial charge in [-0.2, -0.15) is 0 Å². The first-order chi connectivity index (χ1) is 10.7. The van der Waals surface area contributed by atoms with Gasteiger partial charge in [-0.05, 0) is 52.1 Å². The monoisotopic (exact) mass is 328 g/mol.